The number of rotatable bonds is 4. The molecule has 2 heterocycles. The topological polar surface area (TPSA) is 64.7 Å². The van der Waals surface area contributed by atoms with Crippen molar-refractivity contribution in [2.45, 2.75) is 123 Å². The fraction of sp³-hybridized carbons (Fsp3) is 0.467. The molecule has 0 spiro atoms. The molecule has 10 heteroatoms. The molecule has 0 unspecified atom stereocenters. The van der Waals surface area contributed by atoms with Crippen LogP contribution in [0.2, 0.25) is 0 Å². The molecule has 0 saturated heterocycles. The van der Waals surface area contributed by atoms with Gasteiger partial charge in [0, 0.05) is 39.8 Å². The third kappa shape index (κ3) is 5.11. The Hall–Kier alpha value is -4.60. The van der Waals surface area contributed by atoms with Crippen LogP contribution in [0.5, 0.6) is 0 Å². The largest absolute Gasteiger partial charge is 0.294 e. The van der Waals surface area contributed by atoms with Gasteiger partial charge in [-0.05, 0) is 89.2 Å². The molecule has 2 fully saturated rings. The quantitative estimate of drug-likeness (QED) is 0.186. The SMILES string of the molecule is CC(C)(C)c1ccc(Cn2c3c(c(=O)n2-c2ccc(F)cc2F)[C@H]2CC[C@]3(C)C2(C)C)cc1.CC1(C)[C@@H]2CC[C@@]1(C)c1[nH]n(-c3ccc(F)cc3F)c(=O)c12. The van der Waals surface area contributed by atoms with E-state index in [0.29, 0.717) is 6.54 Å². The van der Waals surface area contributed by atoms with Gasteiger partial charge in [0.05, 0.1) is 12.2 Å². The van der Waals surface area contributed by atoms with Gasteiger partial charge in [-0.3, -0.25) is 19.4 Å². The minimum atomic E-state index is -0.737. The van der Waals surface area contributed by atoms with E-state index in [-0.39, 0.29) is 61.4 Å². The average molecular weight is 755 g/mol. The maximum absolute atomic E-state index is 14.9. The Morgan fingerprint density at radius 1 is 0.691 bits per heavy atom. The molecule has 1 N–H and O–H groups in total. The van der Waals surface area contributed by atoms with E-state index in [1.54, 1.807) is 0 Å². The van der Waals surface area contributed by atoms with E-state index in [4.69, 9.17) is 0 Å². The van der Waals surface area contributed by atoms with E-state index in [1.807, 2.05) is 4.68 Å². The second-order valence-electron chi connectivity index (χ2n) is 18.9. The van der Waals surface area contributed by atoms with E-state index >= 15 is 0 Å². The van der Waals surface area contributed by atoms with Crippen molar-refractivity contribution >= 4 is 0 Å². The maximum atomic E-state index is 14.9. The Bertz CT molecular complexity index is 2500. The fourth-order valence-electron chi connectivity index (χ4n) is 10.7. The Morgan fingerprint density at radius 3 is 1.76 bits per heavy atom. The summed E-state index contributed by atoms with van der Waals surface area (Å²) < 4.78 is 60.3. The highest BCUT2D eigenvalue weighted by Gasteiger charge is 2.63. The van der Waals surface area contributed by atoms with Crippen LogP contribution in [0.1, 0.15) is 133 Å². The van der Waals surface area contributed by atoms with Gasteiger partial charge in [0.15, 0.2) is 11.6 Å². The van der Waals surface area contributed by atoms with Crippen molar-refractivity contribution in [3.8, 4) is 11.4 Å². The normalized spacial score (nSPS) is 25.2. The van der Waals surface area contributed by atoms with Crippen molar-refractivity contribution in [1.82, 2.24) is 19.1 Å². The van der Waals surface area contributed by atoms with Gasteiger partial charge in [-0.2, -0.15) is 0 Å². The van der Waals surface area contributed by atoms with Crippen molar-refractivity contribution in [1.29, 1.82) is 0 Å². The Balaban J connectivity index is 0.000000168. The zero-order valence-electron chi connectivity index (χ0n) is 33.1. The molecule has 290 valence electrons. The number of H-pyrrole nitrogens is 1. The van der Waals surface area contributed by atoms with Gasteiger partial charge in [-0.15, -0.1) is 0 Å². The summed E-state index contributed by atoms with van der Waals surface area (Å²) >= 11 is 0. The van der Waals surface area contributed by atoms with Crippen molar-refractivity contribution in [3.63, 3.8) is 0 Å². The monoisotopic (exact) mass is 754 g/mol. The van der Waals surface area contributed by atoms with Crippen LogP contribution in [0, 0.1) is 34.1 Å². The van der Waals surface area contributed by atoms with Crippen LogP contribution in [0.3, 0.4) is 0 Å². The highest BCUT2D eigenvalue weighted by Crippen LogP contribution is 2.68. The van der Waals surface area contributed by atoms with Gasteiger partial charge in [0.1, 0.15) is 23.0 Å². The minimum absolute atomic E-state index is 0.0216. The highest BCUT2D eigenvalue weighted by molar-refractivity contribution is 5.49. The van der Waals surface area contributed by atoms with Gasteiger partial charge in [0.2, 0.25) is 0 Å². The van der Waals surface area contributed by atoms with E-state index in [1.165, 1.54) is 33.1 Å². The first-order valence-electron chi connectivity index (χ1n) is 19.4. The van der Waals surface area contributed by atoms with E-state index in [2.05, 4.69) is 91.7 Å². The minimum Gasteiger partial charge on any atom is -0.294 e. The number of aromatic amines is 1. The molecular formula is C45H50F4N4O2. The summed E-state index contributed by atoms with van der Waals surface area (Å²) in [6.07, 6.45) is 3.96. The number of aromatic nitrogens is 4. The van der Waals surface area contributed by atoms with Gasteiger partial charge in [-0.25, -0.2) is 26.9 Å². The zero-order valence-corrected chi connectivity index (χ0v) is 33.1. The summed E-state index contributed by atoms with van der Waals surface area (Å²) in [6.45, 7) is 20.3. The molecule has 9 rings (SSSR count). The van der Waals surface area contributed by atoms with E-state index < -0.39 is 23.3 Å². The van der Waals surface area contributed by atoms with Crippen LogP contribution < -0.4 is 11.1 Å². The van der Waals surface area contributed by atoms with Crippen LogP contribution in [0.4, 0.5) is 17.6 Å². The molecule has 55 heavy (non-hydrogen) atoms. The van der Waals surface area contributed by atoms with Crippen molar-refractivity contribution in [3.05, 3.63) is 138 Å². The molecule has 3 aromatic carbocycles. The van der Waals surface area contributed by atoms with Crippen molar-refractivity contribution in [2.24, 2.45) is 10.8 Å². The molecule has 4 atom stereocenters. The third-order valence-electron chi connectivity index (χ3n) is 14.8. The van der Waals surface area contributed by atoms with Crippen LogP contribution >= 0.6 is 0 Å². The molecule has 2 aromatic heterocycles. The third-order valence-corrected chi connectivity index (χ3v) is 14.8. The first-order valence-corrected chi connectivity index (χ1v) is 19.4. The lowest BCUT2D eigenvalue weighted by molar-refractivity contribution is 0.216. The maximum Gasteiger partial charge on any atom is 0.275 e. The van der Waals surface area contributed by atoms with Crippen molar-refractivity contribution in [2.75, 3.05) is 0 Å². The van der Waals surface area contributed by atoms with Gasteiger partial charge < -0.3 is 0 Å². The van der Waals surface area contributed by atoms with Crippen LogP contribution in [0.25, 0.3) is 11.4 Å². The molecule has 0 radical (unpaired) electrons. The summed E-state index contributed by atoms with van der Waals surface area (Å²) in [7, 11) is 0. The van der Waals surface area contributed by atoms with Crippen LogP contribution in [0.15, 0.2) is 70.3 Å². The predicted molar refractivity (Wildman–Crippen MR) is 207 cm³/mol. The van der Waals surface area contributed by atoms with Gasteiger partial charge in [0.25, 0.3) is 11.1 Å². The van der Waals surface area contributed by atoms with Crippen LogP contribution in [-0.4, -0.2) is 19.1 Å². The Kier molecular flexibility index (Phi) is 8.11. The zero-order chi connectivity index (χ0) is 39.8. The van der Waals surface area contributed by atoms with Gasteiger partial charge >= 0.3 is 0 Å². The lowest BCUT2D eigenvalue weighted by Gasteiger charge is -2.36. The second kappa shape index (κ2) is 12.0. The van der Waals surface area contributed by atoms with Gasteiger partial charge in [-0.1, -0.05) is 86.6 Å². The smallest absolute Gasteiger partial charge is 0.275 e. The molecule has 4 aliphatic rings. The standard InChI is InChI=1S/C28H32F2N2O.C17H18F2N2O/c1-26(2,3)18-9-7-17(8-10-18)16-31-24-23(20-13-14-28(24,6)27(20,4)5)25(33)32(31)22-12-11-19(29)15-21(22)30;1-16(2)10-6-7-17(16,3)14-13(10)15(22)21(20-14)12-5-4-9(18)8-11(12)19/h7-12,15,20H,13-14,16H2,1-6H3;4-5,8,10,20H,6-7H2,1-3H3/t20-,28+;10-,17+/m11/s1. The molecule has 0 amide bonds. The second-order valence-corrected chi connectivity index (χ2v) is 18.9. The summed E-state index contributed by atoms with van der Waals surface area (Å²) in [4.78, 5) is 26.6. The summed E-state index contributed by atoms with van der Waals surface area (Å²) in [5, 5.41) is 3.11. The number of nitrogens with one attached hydrogen (secondary N) is 1. The molecule has 4 aliphatic carbocycles. The number of benzene rings is 3. The van der Waals surface area contributed by atoms with E-state index in [9.17, 15) is 27.2 Å². The summed E-state index contributed by atoms with van der Waals surface area (Å²) in [5.41, 5.74) is 5.32. The Morgan fingerprint density at radius 2 is 1.22 bits per heavy atom. The summed E-state index contributed by atoms with van der Waals surface area (Å²) in [6, 6.07) is 15.1. The number of halogens is 4. The molecule has 4 bridgehead atoms. The fourth-order valence-corrected chi connectivity index (χ4v) is 10.7. The molecule has 0 aliphatic heterocycles. The van der Waals surface area contributed by atoms with Crippen LogP contribution in [-0.2, 0) is 22.8 Å². The molecular weight excluding hydrogens is 705 g/mol. The Labute approximate surface area is 319 Å². The lowest BCUT2D eigenvalue weighted by Crippen LogP contribution is -2.36. The first kappa shape index (κ1) is 37.3. The van der Waals surface area contributed by atoms with E-state index in [0.717, 1.165) is 72.0 Å². The summed E-state index contributed by atoms with van der Waals surface area (Å²) in [5.74, 6) is -2.43. The number of nitrogens with zero attached hydrogens (tertiary/aromatic N) is 3. The molecule has 5 aromatic rings. The lowest BCUT2D eigenvalue weighted by atomic mass is 9.70. The molecule has 2 saturated carbocycles. The van der Waals surface area contributed by atoms with Crippen molar-refractivity contribution < 1.29 is 17.6 Å². The number of hydrogen-bond donors (Lipinski definition) is 1. The highest BCUT2D eigenvalue weighted by atomic mass is 19.1. The average Bonchev–Trinajstić information content (AvgIpc) is 3.82. The number of hydrogen-bond acceptors (Lipinski definition) is 2. The molecule has 6 nitrogen and oxygen atoms in total. The first-order chi connectivity index (χ1) is 25.6. The predicted octanol–water partition coefficient (Wildman–Crippen LogP) is 10.1. The number of fused-ring (bicyclic) bond motifs is 10.